The van der Waals surface area contributed by atoms with Gasteiger partial charge in [0, 0.05) is 18.1 Å². The zero-order valence-corrected chi connectivity index (χ0v) is 27.1. The number of carbonyl (C=O) groups is 2. The number of sulfonamides is 1. The number of benzene rings is 3. The van der Waals surface area contributed by atoms with E-state index in [1.807, 2.05) is 20.8 Å². The highest BCUT2D eigenvalue weighted by Crippen LogP contribution is 2.35. The largest absolute Gasteiger partial charge is 0.495 e. The van der Waals surface area contributed by atoms with Crippen LogP contribution in [0.2, 0.25) is 15.1 Å². The summed E-state index contributed by atoms with van der Waals surface area (Å²) in [5.41, 5.74) is 1.55. The second kappa shape index (κ2) is 14.5. The third-order valence-corrected chi connectivity index (χ3v) is 9.23. The average Bonchev–Trinajstić information content (AvgIpc) is 2.94. The normalized spacial score (nSPS) is 12.1. The Morgan fingerprint density at radius 1 is 0.929 bits per heavy atom. The first kappa shape index (κ1) is 33.5. The topological polar surface area (TPSA) is 96.0 Å². The van der Waals surface area contributed by atoms with Gasteiger partial charge in [-0.25, -0.2) is 8.42 Å². The van der Waals surface area contributed by atoms with Crippen molar-refractivity contribution in [2.75, 3.05) is 24.5 Å². The van der Waals surface area contributed by atoms with Gasteiger partial charge in [-0.15, -0.1) is 0 Å². The van der Waals surface area contributed by atoms with Crippen LogP contribution < -0.4 is 14.4 Å². The lowest BCUT2D eigenvalue weighted by Crippen LogP contribution is -2.51. The van der Waals surface area contributed by atoms with Gasteiger partial charge in [-0.3, -0.25) is 13.9 Å². The molecule has 0 aliphatic rings. The Balaban J connectivity index is 2.10. The molecule has 8 nitrogen and oxygen atoms in total. The number of methoxy groups -OCH3 is 1. The summed E-state index contributed by atoms with van der Waals surface area (Å²) in [6, 6.07) is 14.7. The summed E-state index contributed by atoms with van der Waals surface area (Å²) in [6.45, 7) is 7.07. The highest BCUT2D eigenvalue weighted by atomic mass is 35.5. The van der Waals surface area contributed by atoms with E-state index in [9.17, 15) is 18.0 Å². The molecule has 0 heterocycles. The summed E-state index contributed by atoms with van der Waals surface area (Å²) >= 11 is 18.6. The number of carbonyl (C=O) groups excluding carboxylic acids is 2. The molecule has 0 saturated heterocycles. The molecule has 0 bridgehead atoms. The Morgan fingerprint density at radius 2 is 1.60 bits per heavy atom. The number of amides is 2. The number of rotatable bonds is 12. The van der Waals surface area contributed by atoms with Crippen LogP contribution in [0.15, 0.2) is 65.6 Å². The van der Waals surface area contributed by atoms with Crippen molar-refractivity contribution in [3.8, 4) is 5.75 Å². The molecule has 1 atom stereocenters. The Morgan fingerprint density at radius 3 is 2.19 bits per heavy atom. The summed E-state index contributed by atoms with van der Waals surface area (Å²) in [7, 11) is -2.90. The van der Waals surface area contributed by atoms with Gasteiger partial charge in [0.1, 0.15) is 18.3 Å². The van der Waals surface area contributed by atoms with Crippen LogP contribution in [0.1, 0.15) is 31.9 Å². The molecule has 0 spiro atoms. The molecule has 0 radical (unpaired) electrons. The smallest absolute Gasteiger partial charge is 0.264 e. The number of hydrogen-bond acceptors (Lipinski definition) is 5. The van der Waals surface area contributed by atoms with Crippen molar-refractivity contribution in [1.82, 2.24) is 10.2 Å². The van der Waals surface area contributed by atoms with Crippen LogP contribution in [0.5, 0.6) is 5.75 Å². The Kier molecular flexibility index (Phi) is 11.5. The van der Waals surface area contributed by atoms with Gasteiger partial charge in [0.05, 0.1) is 27.7 Å². The minimum atomic E-state index is -4.29. The van der Waals surface area contributed by atoms with Gasteiger partial charge in [0.2, 0.25) is 11.8 Å². The first-order chi connectivity index (χ1) is 19.7. The van der Waals surface area contributed by atoms with Crippen LogP contribution in [0.3, 0.4) is 0 Å². The molecular formula is C30H34Cl3N3O5S. The minimum absolute atomic E-state index is 0.0262. The fraction of sp³-hybridized carbons (Fsp3) is 0.333. The first-order valence-corrected chi connectivity index (χ1v) is 15.8. The van der Waals surface area contributed by atoms with Gasteiger partial charge in [-0.2, -0.15) is 0 Å². The SMILES string of the molecule is COc1ccc(Cl)cc1N(CC(=O)N(Cc1ccc(Cl)c(Cl)c1)[C@@H](C)C(=O)NCC(C)C)S(=O)(=O)c1ccc(C)cc1. The lowest BCUT2D eigenvalue weighted by Gasteiger charge is -2.32. The molecule has 0 fully saturated rings. The van der Waals surface area contributed by atoms with Crippen molar-refractivity contribution >= 4 is 62.3 Å². The Bertz CT molecular complexity index is 1530. The predicted molar refractivity (Wildman–Crippen MR) is 168 cm³/mol. The van der Waals surface area contributed by atoms with E-state index in [1.165, 1.54) is 36.3 Å². The predicted octanol–water partition coefficient (Wildman–Crippen LogP) is 6.35. The zero-order chi connectivity index (χ0) is 31.2. The zero-order valence-electron chi connectivity index (χ0n) is 24.0. The Hall–Kier alpha value is -2.98. The fourth-order valence-electron chi connectivity index (χ4n) is 4.08. The van der Waals surface area contributed by atoms with Crippen molar-refractivity contribution < 1.29 is 22.7 Å². The van der Waals surface area contributed by atoms with Gasteiger partial charge in [0.15, 0.2) is 0 Å². The molecular weight excluding hydrogens is 621 g/mol. The van der Waals surface area contributed by atoms with Crippen molar-refractivity contribution in [3.05, 3.63) is 86.9 Å². The van der Waals surface area contributed by atoms with Crippen LogP contribution in [0.25, 0.3) is 0 Å². The van der Waals surface area contributed by atoms with Crippen molar-refractivity contribution in [1.29, 1.82) is 0 Å². The molecule has 2 amide bonds. The average molecular weight is 655 g/mol. The van der Waals surface area contributed by atoms with E-state index in [0.29, 0.717) is 17.1 Å². The van der Waals surface area contributed by atoms with Gasteiger partial charge in [-0.1, -0.05) is 72.4 Å². The minimum Gasteiger partial charge on any atom is -0.495 e. The van der Waals surface area contributed by atoms with Gasteiger partial charge in [0.25, 0.3) is 10.0 Å². The number of anilines is 1. The molecule has 12 heteroatoms. The molecule has 3 aromatic rings. The van der Waals surface area contributed by atoms with Crippen molar-refractivity contribution in [3.63, 3.8) is 0 Å². The molecule has 0 saturated carbocycles. The number of nitrogens with zero attached hydrogens (tertiary/aromatic N) is 2. The van der Waals surface area contributed by atoms with Gasteiger partial charge in [-0.05, 0) is 67.8 Å². The summed E-state index contributed by atoms with van der Waals surface area (Å²) < 4.78 is 34.5. The second-order valence-corrected chi connectivity index (χ2v) is 13.3. The van der Waals surface area contributed by atoms with Crippen LogP contribution in [-0.4, -0.2) is 51.4 Å². The quantitative estimate of drug-likeness (QED) is 0.246. The Labute approximate surface area is 262 Å². The van der Waals surface area contributed by atoms with Crippen molar-refractivity contribution in [2.24, 2.45) is 5.92 Å². The van der Waals surface area contributed by atoms with Crippen LogP contribution >= 0.6 is 34.8 Å². The maximum absolute atomic E-state index is 14.1. The van der Waals surface area contributed by atoms with E-state index in [2.05, 4.69) is 5.32 Å². The molecule has 0 aromatic heterocycles. The number of aryl methyl sites for hydroxylation is 1. The summed E-state index contributed by atoms with van der Waals surface area (Å²) in [5, 5.41) is 3.71. The standard InChI is InChI=1S/C30H34Cl3N3O5S/c1-19(2)16-34-30(38)21(4)35(17-22-8-12-25(32)26(33)14-22)29(37)18-36(27-15-23(31)9-13-28(27)41-5)42(39,40)24-10-6-20(3)7-11-24/h6-15,19,21H,16-18H2,1-5H3,(H,34,38)/t21-/m0/s1. The molecule has 3 aromatic carbocycles. The third-order valence-electron chi connectivity index (χ3n) is 6.49. The van der Waals surface area contributed by atoms with Crippen LogP contribution in [-0.2, 0) is 26.2 Å². The highest BCUT2D eigenvalue weighted by Gasteiger charge is 2.34. The van der Waals surface area contributed by atoms with Gasteiger partial charge >= 0.3 is 0 Å². The summed E-state index contributed by atoms with van der Waals surface area (Å²) in [6.07, 6.45) is 0. The number of ether oxygens (including phenoxy) is 1. The van der Waals surface area contributed by atoms with E-state index in [1.54, 1.807) is 43.3 Å². The van der Waals surface area contributed by atoms with E-state index in [4.69, 9.17) is 39.5 Å². The van der Waals surface area contributed by atoms with Crippen LogP contribution in [0.4, 0.5) is 5.69 Å². The maximum Gasteiger partial charge on any atom is 0.264 e. The monoisotopic (exact) mass is 653 g/mol. The molecule has 0 aliphatic carbocycles. The number of nitrogens with one attached hydrogen (secondary N) is 1. The molecule has 42 heavy (non-hydrogen) atoms. The number of halogens is 3. The molecule has 1 N–H and O–H groups in total. The van der Waals surface area contributed by atoms with E-state index < -0.39 is 28.5 Å². The van der Waals surface area contributed by atoms with E-state index >= 15 is 0 Å². The summed E-state index contributed by atoms with van der Waals surface area (Å²) in [4.78, 5) is 28.5. The lowest BCUT2D eigenvalue weighted by molar-refractivity contribution is -0.139. The third kappa shape index (κ3) is 8.31. The van der Waals surface area contributed by atoms with E-state index in [0.717, 1.165) is 9.87 Å². The molecule has 3 rings (SSSR count). The van der Waals surface area contributed by atoms with Crippen molar-refractivity contribution in [2.45, 2.75) is 45.2 Å². The molecule has 0 unspecified atom stereocenters. The fourth-order valence-corrected chi connectivity index (χ4v) is 5.98. The number of hydrogen-bond donors (Lipinski definition) is 1. The lowest BCUT2D eigenvalue weighted by atomic mass is 10.1. The first-order valence-electron chi connectivity index (χ1n) is 13.2. The van der Waals surface area contributed by atoms with Crippen LogP contribution in [0, 0.1) is 12.8 Å². The maximum atomic E-state index is 14.1. The summed E-state index contributed by atoms with van der Waals surface area (Å²) in [5.74, 6) is -0.635. The highest BCUT2D eigenvalue weighted by molar-refractivity contribution is 7.92. The molecule has 226 valence electrons. The second-order valence-electron chi connectivity index (χ2n) is 10.2. The van der Waals surface area contributed by atoms with E-state index in [-0.39, 0.29) is 44.7 Å². The van der Waals surface area contributed by atoms with Gasteiger partial charge < -0.3 is 15.0 Å². The molecule has 0 aliphatic heterocycles.